The van der Waals surface area contributed by atoms with Gasteiger partial charge in [0.1, 0.15) is 6.54 Å². The number of hydrogen-bond acceptors (Lipinski definition) is 2. The lowest BCUT2D eigenvalue weighted by Crippen LogP contribution is -2.69. The fraction of sp³-hybridized carbons (Fsp3) is 0.615. The van der Waals surface area contributed by atoms with E-state index in [4.69, 9.17) is 12.7 Å². The van der Waals surface area contributed by atoms with Crippen LogP contribution in [0.25, 0.3) is 0 Å². The van der Waals surface area contributed by atoms with Gasteiger partial charge in [-0.25, -0.2) is 0 Å². The SMILES string of the molecule is [B][N+]12CCC(CC1)C1(Cc3ccc(F)nc3O1)C2. The lowest BCUT2D eigenvalue weighted by Gasteiger charge is -2.55. The Morgan fingerprint density at radius 1 is 1.39 bits per heavy atom. The van der Waals surface area contributed by atoms with Gasteiger partial charge in [0.2, 0.25) is 11.8 Å². The van der Waals surface area contributed by atoms with Crippen LogP contribution in [0.15, 0.2) is 12.1 Å². The van der Waals surface area contributed by atoms with Crippen molar-refractivity contribution in [3.05, 3.63) is 23.6 Å². The number of quaternary nitrogens is 1. The molecule has 0 amide bonds. The van der Waals surface area contributed by atoms with Crippen molar-refractivity contribution in [2.45, 2.75) is 24.9 Å². The largest absolute Gasteiger partial charge is 0.481 e. The first-order valence-corrected chi connectivity index (χ1v) is 6.58. The Morgan fingerprint density at radius 3 is 2.89 bits per heavy atom. The van der Waals surface area contributed by atoms with Crippen LogP contribution >= 0.6 is 0 Å². The van der Waals surface area contributed by atoms with Gasteiger partial charge in [-0.3, -0.25) is 0 Å². The lowest BCUT2D eigenvalue weighted by atomic mass is 9.70. The molecule has 1 atom stereocenters. The average molecular weight is 245 g/mol. The number of pyridine rings is 1. The van der Waals surface area contributed by atoms with E-state index in [1.165, 1.54) is 6.07 Å². The number of ether oxygens (including phenoxy) is 1. The molecule has 5 rings (SSSR count). The number of aromatic nitrogens is 1. The highest BCUT2D eigenvalue weighted by atomic mass is 19.1. The van der Waals surface area contributed by atoms with Gasteiger partial charge >= 0.3 is 7.98 Å². The number of halogens is 1. The van der Waals surface area contributed by atoms with Gasteiger partial charge in [-0.2, -0.15) is 9.37 Å². The summed E-state index contributed by atoms with van der Waals surface area (Å²) >= 11 is 0. The molecule has 3 saturated heterocycles. The third kappa shape index (κ3) is 1.37. The maximum Gasteiger partial charge on any atom is 0.481 e. The summed E-state index contributed by atoms with van der Waals surface area (Å²) in [5.41, 5.74) is 0.797. The van der Waals surface area contributed by atoms with Gasteiger partial charge in [0.15, 0.2) is 5.60 Å². The fourth-order valence-corrected chi connectivity index (χ4v) is 3.96. The maximum atomic E-state index is 13.2. The van der Waals surface area contributed by atoms with Crippen LogP contribution in [0.5, 0.6) is 5.88 Å². The molecule has 1 aromatic heterocycles. The number of fused-ring (bicyclic) bond motifs is 3. The van der Waals surface area contributed by atoms with E-state index in [0.717, 1.165) is 44.5 Å². The molecule has 1 unspecified atom stereocenters. The van der Waals surface area contributed by atoms with Crippen LogP contribution in [0.1, 0.15) is 18.4 Å². The third-order valence-corrected chi connectivity index (χ3v) is 4.87. The molecule has 4 aliphatic rings. The van der Waals surface area contributed by atoms with Crippen molar-refractivity contribution < 1.29 is 13.5 Å². The molecule has 0 N–H and O–H groups in total. The molecule has 92 valence electrons. The molecule has 18 heavy (non-hydrogen) atoms. The van der Waals surface area contributed by atoms with Gasteiger partial charge in [-0.1, -0.05) is 0 Å². The van der Waals surface area contributed by atoms with E-state index in [0.29, 0.717) is 16.2 Å². The highest BCUT2D eigenvalue weighted by molar-refractivity contribution is 5.97. The monoisotopic (exact) mass is 245 g/mol. The molecule has 4 aliphatic heterocycles. The van der Waals surface area contributed by atoms with Crippen molar-refractivity contribution in [2.75, 3.05) is 19.6 Å². The molecule has 1 aromatic rings. The van der Waals surface area contributed by atoms with Crippen LogP contribution in [0, 0.1) is 11.9 Å². The zero-order valence-electron chi connectivity index (χ0n) is 10.2. The lowest BCUT2D eigenvalue weighted by molar-refractivity contribution is -0.845. The summed E-state index contributed by atoms with van der Waals surface area (Å²) in [4.78, 5) is 3.87. The van der Waals surface area contributed by atoms with E-state index < -0.39 is 5.95 Å². The van der Waals surface area contributed by atoms with Crippen molar-refractivity contribution >= 4 is 7.98 Å². The second-order valence-electron chi connectivity index (χ2n) is 6.04. The molecule has 2 radical (unpaired) electrons. The molecule has 3 fully saturated rings. The van der Waals surface area contributed by atoms with E-state index in [1.54, 1.807) is 6.07 Å². The van der Waals surface area contributed by atoms with Gasteiger partial charge in [-0.05, 0) is 12.1 Å². The van der Waals surface area contributed by atoms with Crippen molar-refractivity contribution in [2.24, 2.45) is 5.92 Å². The summed E-state index contributed by atoms with van der Waals surface area (Å²) in [5.74, 6) is 0.553. The minimum atomic E-state index is -0.469. The Hall–Kier alpha value is -1.10. The first-order valence-electron chi connectivity index (χ1n) is 6.58. The summed E-state index contributed by atoms with van der Waals surface area (Å²) < 4.78 is 19.8. The van der Waals surface area contributed by atoms with Crippen LogP contribution in [0.3, 0.4) is 0 Å². The smallest absolute Gasteiger partial charge is 0.464 e. The second kappa shape index (κ2) is 3.26. The second-order valence-corrected chi connectivity index (χ2v) is 6.04. The van der Waals surface area contributed by atoms with Crippen LogP contribution in [0.2, 0.25) is 0 Å². The molecule has 5 heteroatoms. The van der Waals surface area contributed by atoms with E-state index in [-0.39, 0.29) is 5.60 Å². The number of nitrogens with zero attached hydrogens (tertiary/aromatic N) is 2. The predicted octanol–water partition coefficient (Wildman–Crippen LogP) is 1.22. The zero-order chi connectivity index (χ0) is 12.4. The quantitative estimate of drug-likeness (QED) is 0.506. The Labute approximate surface area is 107 Å². The molecule has 1 spiro atoms. The van der Waals surface area contributed by atoms with E-state index in [1.807, 2.05) is 0 Å². The van der Waals surface area contributed by atoms with Gasteiger partial charge < -0.3 is 9.13 Å². The normalized spacial score (nSPS) is 40.8. The first kappa shape index (κ1) is 10.8. The molecular weight excluding hydrogens is 230 g/mol. The summed E-state index contributed by atoms with van der Waals surface area (Å²) in [6.45, 7) is 2.90. The molecule has 2 bridgehead atoms. The average Bonchev–Trinajstić information content (AvgIpc) is 2.66. The first-order chi connectivity index (χ1) is 8.59. The molecule has 0 saturated carbocycles. The molecule has 0 aromatic carbocycles. The van der Waals surface area contributed by atoms with Crippen LogP contribution < -0.4 is 4.74 Å². The Morgan fingerprint density at radius 2 is 2.17 bits per heavy atom. The van der Waals surface area contributed by atoms with E-state index in [2.05, 4.69) is 4.98 Å². The van der Waals surface area contributed by atoms with Crippen molar-refractivity contribution in [1.82, 2.24) is 4.98 Å². The Kier molecular flexibility index (Phi) is 1.96. The molecular formula is C13H15BFN2O+. The van der Waals surface area contributed by atoms with E-state index in [9.17, 15) is 4.39 Å². The Balaban J connectivity index is 1.72. The Bertz CT molecular complexity index is 516. The van der Waals surface area contributed by atoms with Gasteiger partial charge in [0.05, 0.1) is 13.1 Å². The summed E-state index contributed by atoms with van der Waals surface area (Å²) in [6.07, 6.45) is 3.04. The molecule has 5 heterocycles. The van der Waals surface area contributed by atoms with Crippen molar-refractivity contribution in [1.29, 1.82) is 0 Å². The van der Waals surface area contributed by atoms with Crippen molar-refractivity contribution in [3.63, 3.8) is 0 Å². The highest BCUT2D eigenvalue weighted by Gasteiger charge is 2.57. The summed E-state index contributed by atoms with van der Waals surface area (Å²) in [7, 11) is 6.38. The number of rotatable bonds is 0. The molecule has 0 aliphatic carbocycles. The van der Waals surface area contributed by atoms with Gasteiger partial charge in [0.25, 0.3) is 0 Å². The van der Waals surface area contributed by atoms with Crippen LogP contribution in [-0.4, -0.2) is 42.6 Å². The van der Waals surface area contributed by atoms with Crippen molar-refractivity contribution in [3.8, 4) is 5.88 Å². The predicted molar refractivity (Wildman–Crippen MR) is 64.6 cm³/mol. The molecule has 3 nitrogen and oxygen atoms in total. The summed E-state index contributed by atoms with van der Waals surface area (Å²) in [6, 6.07) is 3.21. The fourth-order valence-electron chi connectivity index (χ4n) is 3.96. The minimum absolute atomic E-state index is 0.228. The van der Waals surface area contributed by atoms with Crippen LogP contribution in [-0.2, 0) is 6.42 Å². The topological polar surface area (TPSA) is 22.1 Å². The van der Waals surface area contributed by atoms with Crippen LogP contribution in [0.4, 0.5) is 4.39 Å². The minimum Gasteiger partial charge on any atom is -0.464 e. The number of hydrogen-bond donors (Lipinski definition) is 0. The van der Waals surface area contributed by atoms with Gasteiger partial charge in [-0.15, -0.1) is 0 Å². The third-order valence-electron chi connectivity index (χ3n) is 4.87. The summed E-state index contributed by atoms with van der Waals surface area (Å²) in [5, 5.41) is 0. The van der Waals surface area contributed by atoms with Gasteiger partial charge in [0, 0.05) is 30.7 Å². The highest BCUT2D eigenvalue weighted by Crippen LogP contribution is 2.47. The number of piperidine rings is 3. The maximum absolute atomic E-state index is 13.2. The standard InChI is InChI=1S/C13H15BFN2O/c14-17-5-3-10(4-6-17)13(8-17)7-9-1-2-11(15)16-12(9)18-13/h1-2,10H,3-8H2/q+1. The zero-order valence-corrected chi connectivity index (χ0v) is 10.2. The van der Waals surface area contributed by atoms with E-state index >= 15 is 0 Å².